The van der Waals surface area contributed by atoms with Crippen LogP contribution in [0.1, 0.15) is 333 Å². The lowest BCUT2D eigenvalue weighted by Gasteiger charge is -2.43. The summed E-state index contributed by atoms with van der Waals surface area (Å²) >= 11 is 0. The number of fused-ring (bicyclic) bond motifs is 4. The van der Waals surface area contributed by atoms with Crippen molar-refractivity contribution in [3.63, 3.8) is 0 Å². The average Bonchev–Trinajstić information content (AvgIpc) is 0.685. The van der Waals surface area contributed by atoms with Gasteiger partial charge in [-0.05, 0) is 196 Å². The fraction of sp³-hybridized carbons (Fsp3) is 0.750. The van der Waals surface area contributed by atoms with Gasteiger partial charge < -0.3 is 58.3 Å². The van der Waals surface area contributed by atoms with E-state index in [0.29, 0.717) is 13.3 Å². The molecule has 116 heavy (non-hydrogen) atoms. The number of aliphatic hydroxyl groups is 4. The van der Waals surface area contributed by atoms with E-state index in [4.69, 9.17) is 106 Å². The van der Waals surface area contributed by atoms with E-state index in [9.17, 15) is 58.8 Å². The molecule has 8 aliphatic carbocycles. The molecule has 4 saturated heterocycles. The molecule has 32 atom stereocenters. The van der Waals surface area contributed by atoms with Crippen LogP contribution >= 0.6 is 0 Å². The van der Waals surface area contributed by atoms with Crippen LogP contribution in [0.15, 0.2) is 94.9 Å². The largest absolute Gasteiger partial charge is 0.462 e. The number of hydrogen-bond donors (Lipinski definition) is 4. The Hall–Kier alpha value is -6.48. The summed E-state index contributed by atoms with van der Waals surface area (Å²) in [6.07, 6.45) is -42.3. The topological polar surface area (TPSA) is 291 Å². The first-order chi connectivity index (χ1) is 74.4. The molecule has 0 aromatic heterocycles. The van der Waals surface area contributed by atoms with Gasteiger partial charge in [-0.2, -0.15) is 0 Å². The van der Waals surface area contributed by atoms with Crippen LogP contribution in [0.25, 0.3) is 0 Å². The molecule has 4 aliphatic heterocycles. The molecular formula is C96H144O20. The van der Waals surface area contributed by atoms with E-state index in [1.54, 1.807) is 13.8 Å². The molecule has 0 aromatic carbocycles. The van der Waals surface area contributed by atoms with E-state index in [0.717, 1.165) is 20.8 Å². The summed E-state index contributed by atoms with van der Waals surface area (Å²) in [6, 6.07) is -7.22. The van der Waals surface area contributed by atoms with Crippen LogP contribution in [0.3, 0.4) is 0 Å². The molecule has 0 bridgehead atoms. The summed E-state index contributed by atoms with van der Waals surface area (Å²) in [6.45, 7) is 0.706. The molecular weight excluding hydrogens is 1470 g/mol. The Balaban J connectivity index is 0.000000244. The number of hydrogen-bond acceptors (Lipinski definition) is 20. The molecule has 20 nitrogen and oxygen atoms in total. The number of allylic oxidation sites excluding steroid dienone is 12. The van der Waals surface area contributed by atoms with Crippen LogP contribution in [-0.2, 0) is 76.3 Å². The highest BCUT2D eigenvalue weighted by Gasteiger charge is 2.48. The van der Waals surface area contributed by atoms with Crippen LogP contribution in [0.5, 0.6) is 0 Å². The van der Waals surface area contributed by atoms with Gasteiger partial charge in [-0.25, -0.2) is 0 Å². The van der Waals surface area contributed by atoms with Gasteiger partial charge in [-0.15, -0.1) is 0 Å². The van der Waals surface area contributed by atoms with Crippen LogP contribution in [0.2, 0.25) is 0 Å². The van der Waals surface area contributed by atoms with Crippen LogP contribution in [-0.4, -0.2) is 141 Å². The summed E-state index contributed by atoms with van der Waals surface area (Å²) in [5.41, 5.74) is -1.17. The maximum absolute atomic E-state index is 13.6. The molecule has 12 rings (SSSR count). The summed E-state index contributed by atoms with van der Waals surface area (Å²) in [5, 5.41) is 40.3. The Morgan fingerprint density at radius 1 is 0.440 bits per heavy atom. The van der Waals surface area contributed by atoms with Gasteiger partial charge >= 0.3 is 47.8 Å². The van der Waals surface area contributed by atoms with Crippen molar-refractivity contribution in [2.24, 2.45) is 118 Å². The Kier molecular flexibility index (Phi) is 17.3. The molecule has 12 aliphatic rings. The lowest BCUT2D eigenvalue weighted by molar-refractivity contribution is -0.162. The zero-order valence-corrected chi connectivity index (χ0v) is 67.3. The fourth-order valence-electron chi connectivity index (χ4n) is 15.8. The highest BCUT2D eigenvalue weighted by atomic mass is 16.6. The molecule has 4 N–H and O–H groups in total. The minimum absolute atomic E-state index is 0.00564. The maximum Gasteiger partial charge on any atom is 0.308 e. The normalized spacial score (nSPS) is 54.1. The minimum Gasteiger partial charge on any atom is -0.462 e. The Bertz CT molecular complexity index is 6100. The number of aliphatic hydroxyl groups excluding tert-OH is 4. The predicted molar refractivity (Wildman–Crippen MR) is 443 cm³/mol. The highest BCUT2D eigenvalue weighted by molar-refractivity contribution is 5.75. The number of esters is 8. The van der Waals surface area contributed by atoms with E-state index in [1.165, 1.54) is 41.5 Å². The van der Waals surface area contributed by atoms with Crippen molar-refractivity contribution in [2.45, 2.75) is 337 Å². The molecule has 0 aromatic rings. The molecule has 0 saturated carbocycles. The van der Waals surface area contributed by atoms with Gasteiger partial charge in [0.15, 0.2) is 0 Å². The number of carbonyl (C=O) groups is 8. The van der Waals surface area contributed by atoms with E-state index >= 15 is 0 Å². The van der Waals surface area contributed by atoms with Gasteiger partial charge in [0.1, 0.15) is 48.8 Å². The first-order valence-corrected chi connectivity index (χ1v) is 39.4. The van der Waals surface area contributed by atoms with Gasteiger partial charge in [-0.3, -0.25) is 38.4 Å². The lowest BCUT2D eigenvalue weighted by Crippen LogP contribution is -2.42. The number of rotatable bonds is 24. The van der Waals surface area contributed by atoms with Crippen molar-refractivity contribution in [1.82, 2.24) is 0 Å². The first kappa shape index (κ1) is 46.0. The van der Waals surface area contributed by atoms with Crippen molar-refractivity contribution in [1.29, 1.82) is 0 Å². The fourth-order valence-corrected chi connectivity index (χ4v) is 15.8. The van der Waals surface area contributed by atoms with E-state index in [1.807, 2.05) is 0 Å². The second-order valence-electron chi connectivity index (χ2n) is 30.9. The number of cyclic esters (lactones) is 4. The Morgan fingerprint density at radius 2 is 0.724 bits per heavy atom. The summed E-state index contributed by atoms with van der Waals surface area (Å²) < 4.78 is 459. The number of carbonyl (C=O) groups excluding carboxylic acids is 8. The van der Waals surface area contributed by atoms with Crippen LogP contribution in [0.4, 0.5) is 0 Å². The van der Waals surface area contributed by atoms with Gasteiger partial charge in [-0.1, -0.05) is 183 Å². The molecule has 4 heterocycles. The second kappa shape index (κ2) is 43.7. The average molecular weight is 1670 g/mol. The lowest BCUT2D eigenvalue weighted by atomic mass is 9.65. The predicted octanol–water partition coefficient (Wildman–Crippen LogP) is 16.8. The van der Waals surface area contributed by atoms with Gasteiger partial charge in [0.05, 0.1) is 90.1 Å². The molecule has 7 unspecified atom stereocenters. The summed E-state index contributed by atoms with van der Waals surface area (Å²) in [4.78, 5) is 101. The zero-order valence-electron chi connectivity index (χ0n) is 117. The molecule has 4 fully saturated rings. The van der Waals surface area contributed by atoms with Gasteiger partial charge in [0.2, 0.25) is 0 Å². The van der Waals surface area contributed by atoms with Crippen molar-refractivity contribution in [3.8, 4) is 0 Å². The maximum atomic E-state index is 13.6. The van der Waals surface area contributed by atoms with Crippen LogP contribution in [0, 0.1) is 118 Å². The highest BCUT2D eigenvalue weighted by Crippen LogP contribution is 2.51. The van der Waals surface area contributed by atoms with Crippen LogP contribution < -0.4 is 0 Å². The number of ether oxygens (including phenoxy) is 8. The third-order valence-corrected chi connectivity index (χ3v) is 22.1. The third-order valence-electron chi connectivity index (χ3n) is 22.1. The van der Waals surface area contributed by atoms with Crippen molar-refractivity contribution >= 4 is 47.8 Å². The molecule has 20 heteroatoms. The zero-order chi connectivity index (χ0) is 129. The van der Waals surface area contributed by atoms with Crippen molar-refractivity contribution in [3.05, 3.63) is 94.9 Å². The van der Waals surface area contributed by atoms with Crippen molar-refractivity contribution in [2.75, 3.05) is 0 Å². The molecule has 0 radical (unpaired) electrons. The quantitative estimate of drug-likeness (QED) is 0.0516. The third kappa shape index (κ3) is 25.8. The van der Waals surface area contributed by atoms with Gasteiger partial charge in [0.25, 0.3) is 0 Å². The minimum atomic E-state index is -4.16. The molecule has 0 spiro atoms. The second-order valence-corrected chi connectivity index (χ2v) is 30.9. The Morgan fingerprint density at radius 3 is 1.01 bits per heavy atom. The first-order valence-electron chi connectivity index (χ1n) is 64.4. The standard InChI is InChI=1S/4C24H36O5/c4*1-5-15(3)24(27)29-21-11-14(2)10-17-7-6-16(4)20(23(17)21)9-8-19-12-18(25)13-22(26)28-19/h4*6-7,10,14-16,18-21,23,25H,5,8-9,11-13H2,1-4H3/t3*14-,15-,16-,18+,19?,20-,21?,23-;14-,15-,16-,18+,19?,20-,21-,23-/m0000/s1/i1D3,3D3,5D2,6D,7D,10D,11D2,14D,15D,16D;1D3,5D2,6D,7D,10D,11D2,14D,15D,16D;3D3,6D,7D,10D,11D2,13D2,14D,16D;6D,7D,10D,11D2,13D2,14D,16D. The van der Waals surface area contributed by atoms with Crippen molar-refractivity contribution < 1.29 is 165 Å². The molecule has 0 amide bonds. The Labute approximate surface area is 762 Å². The SMILES string of the molecule is [2H]C1=C([2H])[C@]([2H])(C)[C@H](CCC2C[C@@H](O)C([2H])([2H])C(=O)O2)[C@@H]2C1=C([2H])[C@]([2H])(C)C([2H])([2H])C2OC(=O)[C@H](CC)C([2H])([2H])[2H].[2H]C1=C([2H])[C@]([2H])(C)[C@H](CCC2C[C@@H](O)C([2H])([2H])C(=O)O2)[C@@H]2C1=C([2H])[C@]([2H])(C)C([2H])([2H])[C@@H]2OC(=O)[C@@H](C)CC.[2H]C1=C([2H])[C@]([2H])(C)[C@H](CCC2C[C@@H](O)CC(=O)O2)[C@@H]2C1=C([2H])[C@]([2H])(C)C([2H])([2H])C2OC(=O)[C@@]([2H])(C([2H])([2H])[2H])C([2H])([2H])C([2H])([2H])[2H].[2H]C1=C([2H])[C@]([2H])(C)[C@H](CCC2C[C@@H](O)CC(=O)O2)[C@@H]2C1=C([2H])[C@]([2H])(C)C([2H])([2H])C2OC(=O)[C@@]([2H])(C)C([2H])([2H])C([2H])([2H])[2H]. The molecule has 648 valence electrons. The van der Waals surface area contributed by atoms with E-state index in [-0.39, 0.29) is 113 Å². The smallest absolute Gasteiger partial charge is 0.308 e. The van der Waals surface area contributed by atoms with E-state index < -0.39 is 396 Å². The van der Waals surface area contributed by atoms with Gasteiger partial charge in [0, 0.05) is 101 Å². The van der Waals surface area contributed by atoms with E-state index in [2.05, 4.69) is 0 Å². The summed E-state index contributed by atoms with van der Waals surface area (Å²) in [7, 11) is 0. The summed E-state index contributed by atoms with van der Waals surface area (Å²) in [5.74, 6) is -47.3. The monoisotopic (exact) mass is 1670 g/mol.